The minimum atomic E-state index is -4.56. The molecule has 140 valence electrons. The molecule has 1 amide bonds. The normalized spacial score (nSPS) is 13.3. The number of halogens is 3. The van der Waals surface area contributed by atoms with Gasteiger partial charge in [-0.2, -0.15) is 13.2 Å². The average Bonchev–Trinajstić information content (AvgIpc) is 2.59. The minimum absolute atomic E-state index is 0.0122. The second-order valence-electron chi connectivity index (χ2n) is 5.88. The second-order valence-corrected chi connectivity index (χ2v) is 8.20. The van der Waals surface area contributed by atoms with E-state index in [0.717, 1.165) is 18.2 Å². The van der Waals surface area contributed by atoms with Gasteiger partial charge >= 0.3 is 6.18 Å². The SMILES string of the molecule is CC(C(=O)N(C)c1ccccc1)S(=O)(=O)Cc1cccc(C(F)(F)F)c1. The summed E-state index contributed by atoms with van der Waals surface area (Å²) >= 11 is 0. The highest BCUT2D eigenvalue weighted by atomic mass is 32.2. The molecule has 0 aromatic heterocycles. The summed E-state index contributed by atoms with van der Waals surface area (Å²) in [5.74, 6) is -1.30. The number of carbonyl (C=O) groups is 1. The summed E-state index contributed by atoms with van der Waals surface area (Å²) in [5, 5.41) is -1.39. The Bertz CT molecular complexity index is 880. The lowest BCUT2D eigenvalue weighted by Gasteiger charge is -2.21. The van der Waals surface area contributed by atoms with Crippen LogP contribution in [0.4, 0.5) is 18.9 Å². The smallest absolute Gasteiger partial charge is 0.314 e. The highest BCUT2D eigenvalue weighted by Crippen LogP contribution is 2.30. The van der Waals surface area contributed by atoms with Crippen molar-refractivity contribution in [1.82, 2.24) is 0 Å². The first-order valence-corrected chi connectivity index (χ1v) is 9.44. The number of para-hydroxylation sites is 1. The number of anilines is 1. The summed E-state index contributed by atoms with van der Waals surface area (Å²) in [6.45, 7) is 1.24. The molecule has 0 bridgehead atoms. The van der Waals surface area contributed by atoms with Crippen molar-refractivity contribution < 1.29 is 26.4 Å². The second kappa shape index (κ2) is 7.49. The third-order valence-electron chi connectivity index (χ3n) is 3.98. The maximum absolute atomic E-state index is 12.8. The Hall–Kier alpha value is -2.35. The van der Waals surface area contributed by atoms with Gasteiger partial charge in [0.2, 0.25) is 5.91 Å². The van der Waals surface area contributed by atoms with E-state index in [-0.39, 0.29) is 5.56 Å². The molecule has 26 heavy (non-hydrogen) atoms. The zero-order valence-corrected chi connectivity index (χ0v) is 15.0. The fourth-order valence-electron chi connectivity index (χ4n) is 2.40. The first-order valence-electron chi connectivity index (χ1n) is 7.72. The van der Waals surface area contributed by atoms with Crippen LogP contribution >= 0.6 is 0 Å². The van der Waals surface area contributed by atoms with Gasteiger partial charge < -0.3 is 4.90 Å². The molecule has 0 saturated heterocycles. The van der Waals surface area contributed by atoms with E-state index in [1.165, 1.54) is 24.9 Å². The third kappa shape index (κ3) is 4.63. The molecule has 0 spiro atoms. The summed E-state index contributed by atoms with van der Waals surface area (Å²) in [7, 11) is -2.53. The number of hydrogen-bond acceptors (Lipinski definition) is 3. The number of amides is 1. The van der Waals surface area contributed by atoms with Gasteiger partial charge in [-0.1, -0.05) is 36.4 Å². The van der Waals surface area contributed by atoms with Crippen LogP contribution < -0.4 is 4.90 Å². The largest absolute Gasteiger partial charge is 0.416 e. The fraction of sp³-hybridized carbons (Fsp3) is 0.278. The van der Waals surface area contributed by atoms with Crippen LogP contribution in [0.3, 0.4) is 0 Å². The van der Waals surface area contributed by atoms with E-state index in [2.05, 4.69) is 0 Å². The highest BCUT2D eigenvalue weighted by Gasteiger charge is 2.33. The Kier molecular flexibility index (Phi) is 5.75. The van der Waals surface area contributed by atoms with Crippen LogP contribution in [0.25, 0.3) is 0 Å². The van der Waals surface area contributed by atoms with Gasteiger partial charge in [0.1, 0.15) is 5.25 Å². The van der Waals surface area contributed by atoms with Crippen LogP contribution in [0.5, 0.6) is 0 Å². The van der Waals surface area contributed by atoms with E-state index in [1.54, 1.807) is 30.3 Å². The van der Waals surface area contributed by atoms with Gasteiger partial charge in [0.25, 0.3) is 0 Å². The van der Waals surface area contributed by atoms with Gasteiger partial charge in [0, 0.05) is 12.7 Å². The van der Waals surface area contributed by atoms with Crippen molar-refractivity contribution in [3.63, 3.8) is 0 Å². The number of nitrogens with zero attached hydrogens (tertiary/aromatic N) is 1. The van der Waals surface area contributed by atoms with Gasteiger partial charge in [0.15, 0.2) is 9.84 Å². The molecular weight excluding hydrogens is 367 g/mol. The van der Waals surface area contributed by atoms with Crippen molar-refractivity contribution in [1.29, 1.82) is 0 Å². The number of benzene rings is 2. The Labute approximate surface area is 150 Å². The Morgan fingerprint density at radius 1 is 1.08 bits per heavy atom. The lowest BCUT2D eigenvalue weighted by molar-refractivity contribution is -0.137. The predicted octanol–water partition coefficient (Wildman–Crippen LogP) is 3.67. The van der Waals surface area contributed by atoms with Gasteiger partial charge in [-0.05, 0) is 30.7 Å². The topological polar surface area (TPSA) is 54.5 Å². The molecule has 0 N–H and O–H groups in total. The van der Waals surface area contributed by atoms with E-state index >= 15 is 0 Å². The number of hydrogen-bond donors (Lipinski definition) is 0. The van der Waals surface area contributed by atoms with E-state index in [1.807, 2.05) is 0 Å². The van der Waals surface area contributed by atoms with Crippen LogP contribution in [0.1, 0.15) is 18.1 Å². The molecule has 1 atom stereocenters. The van der Waals surface area contributed by atoms with Crippen LogP contribution in [-0.2, 0) is 26.6 Å². The molecule has 8 heteroatoms. The van der Waals surface area contributed by atoms with Crippen LogP contribution in [0.15, 0.2) is 54.6 Å². The molecule has 0 heterocycles. The molecule has 0 aliphatic carbocycles. The molecule has 2 rings (SSSR count). The van der Waals surface area contributed by atoms with Crippen LogP contribution in [-0.4, -0.2) is 26.6 Å². The lowest BCUT2D eigenvalue weighted by atomic mass is 10.1. The van der Waals surface area contributed by atoms with Gasteiger partial charge in [0.05, 0.1) is 11.3 Å². The summed E-state index contributed by atoms with van der Waals surface area (Å²) in [6, 6.07) is 12.6. The summed E-state index contributed by atoms with van der Waals surface area (Å²) in [4.78, 5) is 13.7. The maximum Gasteiger partial charge on any atom is 0.416 e. The molecular formula is C18H18F3NO3S. The number of carbonyl (C=O) groups excluding carboxylic acids is 1. The quantitative estimate of drug-likeness (QED) is 0.789. The molecule has 0 fully saturated rings. The highest BCUT2D eigenvalue weighted by molar-refractivity contribution is 7.92. The Morgan fingerprint density at radius 2 is 1.69 bits per heavy atom. The minimum Gasteiger partial charge on any atom is -0.314 e. The summed E-state index contributed by atoms with van der Waals surface area (Å²) in [6.07, 6.45) is -4.56. The molecule has 1 unspecified atom stereocenters. The molecule has 0 radical (unpaired) electrons. The van der Waals surface area contributed by atoms with E-state index in [9.17, 15) is 26.4 Å². The Balaban J connectivity index is 2.20. The van der Waals surface area contributed by atoms with Gasteiger partial charge in [-0.3, -0.25) is 4.79 Å². The summed E-state index contributed by atoms with van der Waals surface area (Å²) < 4.78 is 63.3. The molecule has 2 aromatic carbocycles. The molecule has 4 nitrogen and oxygen atoms in total. The number of alkyl halides is 3. The molecule has 0 saturated carbocycles. The maximum atomic E-state index is 12.8. The lowest BCUT2D eigenvalue weighted by Crippen LogP contribution is -2.39. The summed E-state index contributed by atoms with van der Waals surface area (Å²) in [5.41, 5.74) is -0.411. The van der Waals surface area contributed by atoms with Gasteiger partial charge in [-0.25, -0.2) is 8.42 Å². The zero-order valence-electron chi connectivity index (χ0n) is 14.2. The van der Waals surface area contributed by atoms with Crippen LogP contribution in [0, 0.1) is 0 Å². The molecule has 0 aliphatic rings. The number of sulfone groups is 1. The monoisotopic (exact) mass is 385 g/mol. The standard InChI is InChI=1S/C18H18F3NO3S/c1-13(17(23)22(2)16-9-4-3-5-10-16)26(24,25)12-14-7-6-8-15(11-14)18(19,20)21/h3-11,13H,12H2,1-2H3. The van der Waals surface area contributed by atoms with E-state index in [0.29, 0.717) is 5.69 Å². The Morgan fingerprint density at radius 3 is 2.27 bits per heavy atom. The number of rotatable bonds is 5. The van der Waals surface area contributed by atoms with Crippen LogP contribution in [0.2, 0.25) is 0 Å². The first-order chi connectivity index (χ1) is 12.0. The van der Waals surface area contributed by atoms with Crippen molar-refractivity contribution in [2.45, 2.75) is 24.1 Å². The van der Waals surface area contributed by atoms with Crippen molar-refractivity contribution in [2.75, 3.05) is 11.9 Å². The van der Waals surface area contributed by atoms with E-state index < -0.39 is 38.5 Å². The fourth-order valence-corrected chi connectivity index (χ4v) is 3.76. The van der Waals surface area contributed by atoms with Gasteiger partial charge in [-0.15, -0.1) is 0 Å². The average molecular weight is 385 g/mol. The van der Waals surface area contributed by atoms with E-state index in [4.69, 9.17) is 0 Å². The predicted molar refractivity (Wildman–Crippen MR) is 93.4 cm³/mol. The molecule has 2 aromatic rings. The van der Waals surface area contributed by atoms with Crippen molar-refractivity contribution in [3.05, 3.63) is 65.7 Å². The van der Waals surface area contributed by atoms with Crippen molar-refractivity contribution >= 4 is 21.4 Å². The first kappa shape index (κ1) is 20.0. The zero-order chi connectivity index (χ0) is 19.5. The van der Waals surface area contributed by atoms with Crippen molar-refractivity contribution in [2.24, 2.45) is 0 Å². The third-order valence-corrected chi connectivity index (χ3v) is 6.00. The molecule has 0 aliphatic heterocycles. The van der Waals surface area contributed by atoms with Crippen molar-refractivity contribution in [3.8, 4) is 0 Å².